The van der Waals surface area contributed by atoms with Gasteiger partial charge in [0.05, 0.1) is 23.0 Å². The first-order valence-electron chi connectivity index (χ1n) is 5.20. The van der Waals surface area contributed by atoms with Crippen LogP contribution in [0.1, 0.15) is 48.7 Å². The average Bonchev–Trinajstić information content (AvgIpc) is 2.74. The van der Waals surface area contributed by atoms with E-state index in [0.717, 1.165) is 17.0 Å². The Hall–Kier alpha value is -1.30. The molecule has 3 heteroatoms. The Balaban J connectivity index is 2.39. The molecular formula is C11H15N3. The quantitative estimate of drug-likeness (QED) is 0.681. The van der Waals surface area contributed by atoms with Crippen LogP contribution in [0, 0.1) is 25.2 Å². The molecule has 0 amide bonds. The molecule has 0 atom stereocenters. The number of hydrogen-bond donors (Lipinski definition) is 0. The zero-order chi connectivity index (χ0) is 10.1. The van der Waals surface area contributed by atoms with Gasteiger partial charge in [0, 0.05) is 0 Å². The van der Waals surface area contributed by atoms with Crippen LogP contribution in [0.4, 0.5) is 0 Å². The second kappa shape index (κ2) is 3.45. The van der Waals surface area contributed by atoms with Gasteiger partial charge in [0.1, 0.15) is 6.07 Å². The summed E-state index contributed by atoms with van der Waals surface area (Å²) >= 11 is 0. The van der Waals surface area contributed by atoms with Gasteiger partial charge in [-0.25, -0.2) is 0 Å². The number of nitriles is 1. The Morgan fingerprint density at radius 3 is 2.50 bits per heavy atom. The Bertz CT molecular complexity index is 378. The van der Waals surface area contributed by atoms with Crippen molar-refractivity contribution in [1.29, 1.82) is 5.26 Å². The first-order chi connectivity index (χ1) is 6.74. The highest BCUT2D eigenvalue weighted by Gasteiger charge is 2.21. The second-order valence-electron chi connectivity index (χ2n) is 4.04. The van der Waals surface area contributed by atoms with Gasteiger partial charge < -0.3 is 0 Å². The van der Waals surface area contributed by atoms with E-state index in [0.29, 0.717) is 6.04 Å². The molecule has 1 aromatic rings. The second-order valence-corrected chi connectivity index (χ2v) is 4.04. The van der Waals surface area contributed by atoms with Crippen LogP contribution in [-0.2, 0) is 0 Å². The highest BCUT2D eigenvalue weighted by atomic mass is 15.3. The molecule has 1 fully saturated rings. The molecule has 0 bridgehead atoms. The van der Waals surface area contributed by atoms with E-state index in [1.807, 2.05) is 13.8 Å². The summed E-state index contributed by atoms with van der Waals surface area (Å²) in [6.07, 6.45) is 5.02. The summed E-state index contributed by atoms with van der Waals surface area (Å²) in [4.78, 5) is 0. The van der Waals surface area contributed by atoms with Gasteiger partial charge in [0.15, 0.2) is 0 Å². The van der Waals surface area contributed by atoms with Crippen LogP contribution in [0.5, 0.6) is 0 Å². The average molecular weight is 189 g/mol. The first-order valence-corrected chi connectivity index (χ1v) is 5.20. The Labute approximate surface area is 84.3 Å². The molecule has 1 heterocycles. The molecule has 0 unspecified atom stereocenters. The highest BCUT2D eigenvalue weighted by molar-refractivity contribution is 5.36. The molecule has 0 spiro atoms. The molecule has 74 valence electrons. The van der Waals surface area contributed by atoms with E-state index in [1.54, 1.807) is 0 Å². The van der Waals surface area contributed by atoms with Crippen molar-refractivity contribution in [2.24, 2.45) is 0 Å². The molecule has 1 aliphatic carbocycles. The normalized spacial score (nSPS) is 17.2. The molecule has 0 N–H and O–H groups in total. The van der Waals surface area contributed by atoms with Gasteiger partial charge in [-0.15, -0.1) is 0 Å². The maximum Gasteiger partial charge on any atom is 0.103 e. The van der Waals surface area contributed by atoms with E-state index in [2.05, 4.69) is 15.8 Å². The molecular weight excluding hydrogens is 174 g/mol. The number of rotatable bonds is 1. The van der Waals surface area contributed by atoms with E-state index >= 15 is 0 Å². The SMILES string of the molecule is Cc1nn(C2CCCC2)c(C)c1C#N. The van der Waals surface area contributed by atoms with Crippen molar-refractivity contribution < 1.29 is 0 Å². The van der Waals surface area contributed by atoms with E-state index in [-0.39, 0.29) is 0 Å². The van der Waals surface area contributed by atoms with Crippen LogP contribution in [0.3, 0.4) is 0 Å². The van der Waals surface area contributed by atoms with Gasteiger partial charge in [-0.3, -0.25) is 4.68 Å². The van der Waals surface area contributed by atoms with Gasteiger partial charge in [0.2, 0.25) is 0 Å². The van der Waals surface area contributed by atoms with Crippen molar-refractivity contribution in [3.63, 3.8) is 0 Å². The molecule has 1 aliphatic rings. The smallest absolute Gasteiger partial charge is 0.103 e. The van der Waals surface area contributed by atoms with Gasteiger partial charge in [-0.05, 0) is 26.7 Å². The summed E-state index contributed by atoms with van der Waals surface area (Å²) in [6, 6.07) is 2.76. The fraction of sp³-hybridized carbons (Fsp3) is 0.636. The third-order valence-electron chi connectivity index (χ3n) is 3.11. The van der Waals surface area contributed by atoms with Crippen LogP contribution in [0.25, 0.3) is 0 Å². The molecule has 0 aliphatic heterocycles. The number of aryl methyl sites for hydroxylation is 1. The zero-order valence-corrected chi connectivity index (χ0v) is 8.75. The lowest BCUT2D eigenvalue weighted by Gasteiger charge is -2.11. The fourth-order valence-corrected chi connectivity index (χ4v) is 2.33. The lowest BCUT2D eigenvalue weighted by atomic mass is 10.2. The lowest BCUT2D eigenvalue weighted by Crippen LogP contribution is -2.08. The van der Waals surface area contributed by atoms with E-state index in [1.165, 1.54) is 25.7 Å². The summed E-state index contributed by atoms with van der Waals surface area (Å²) in [5.41, 5.74) is 2.67. The van der Waals surface area contributed by atoms with Crippen molar-refractivity contribution in [3.05, 3.63) is 17.0 Å². The van der Waals surface area contributed by atoms with Crippen molar-refractivity contribution >= 4 is 0 Å². The molecule has 0 aromatic carbocycles. The Morgan fingerprint density at radius 1 is 1.36 bits per heavy atom. The fourth-order valence-electron chi connectivity index (χ4n) is 2.33. The standard InChI is InChI=1S/C11H15N3/c1-8-11(7-12)9(2)14(13-8)10-5-3-4-6-10/h10H,3-6H2,1-2H3. The minimum absolute atomic E-state index is 0.538. The van der Waals surface area contributed by atoms with E-state index in [9.17, 15) is 0 Å². The molecule has 1 aromatic heterocycles. The van der Waals surface area contributed by atoms with Crippen molar-refractivity contribution in [2.45, 2.75) is 45.6 Å². The molecule has 0 saturated heterocycles. The largest absolute Gasteiger partial charge is 0.265 e. The van der Waals surface area contributed by atoms with Crippen molar-refractivity contribution in [3.8, 4) is 6.07 Å². The predicted molar refractivity (Wildman–Crippen MR) is 53.9 cm³/mol. The maximum absolute atomic E-state index is 8.95. The van der Waals surface area contributed by atoms with Crippen LogP contribution in [0.2, 0.25) is 0 Å². The number of nitrogens with zero attached hydrogens (tertiary/aromatic N) is 3. The van der Waals surface area contributed by atoms with Crippen LogP contribution in [0.15, 0.2) is 0 Å². The molecule has 3 nitrogen and oxygen atoms in total. The Morgan fingerprint density at radius 2 is 2.00 bits per heavy atom. The van der Waals surface area contributed by atoms with Crippen molar-refractivity contribution in [2.75, 3.05) is 0 Å². The van der Waals surface area contributed by atoms with Crippen LogP contribution < -0.4 is 0 Å². The van der Waals surface area contributed by atoms with E-state index < -0.39 is 0 Å². The lowest BCUT2D eigenvalue weighted by molar-refractivity contribution is 0.454. The number of hydrogen-bond acceptors (Lipinski definition) is 2. The van der Waals surface area contributed by atoms with Crippen LogP contribution >= 0.6 is 0 Å². The molecule has 14 heavy (non-hydrogen) atoms. The van der Waals surface area contributed by atoms with Crippen molar-refractivity contribution in [1.82, 2.24) is 9.78 Å². The topological polar surface area (TPSA) is 41.6 Å². The minimum Gasteiger partial charge on any atom is -0.265 e. The van der Waals surface area contributed by atoms with Crippen LogP contribution in [-0.4, -0.2) is 9.78 Å². The number of aromatic nitrogens is 2. The predicted octanol–water partition coefficient (Wildman–Crippen LogP) is 2.49. The van der Waals surface area contributed by atoms with Gasteiger partial charge in [-0.2, -0.15) is 10.4 Å². The zero-order valence-electron chi connectivity index (χ0n) is 8.75. The van der Waals surface area contributed by atoms with E-state index in [4.69, 9.17) is 5.26 Å². The monoisotopic (exact) mass is 189 g/mol. The highest BCUT2D eigenvalue weighted by Crippen LogP contribution is 2.31. The third-order valence-corrected chi connectivity index (χ3v) is 3.11. The minimum atomic E-state index is 0.538. The molecule has 0 radical (unpaired) electrons. The summed E-state index contributed by atoms with van der Waals surface area (Å²) < 4.78 is 2.06. The summed E-state index contributed by atoms with van der Waals surface area (Å²) in [7, 11) is 0. The summed E-state index contributed by atoms with van der Waals surface area (Å²) in [5, 5.41) is 13.4. The Kier molecular flexibility index (Phi) is 2.28. The molecule has 2 rings (SSSR count). The van der Waals surface area contributed by atoms with Gasteiger partial charge in [-0.1, -0.05) is 12.8 Å². The maximum atomic E-state index is 8.95. The molecule has 1 saturated carbocycles. The first kappa shape index (κ1) is 9.26. The summed E-state index contributed by atoms with van der Waals surface area (Å²) in [5.74, 6) is 0. The third kappa shape index (κ3) is 1.31. The summed E-state index contributed by atoms with van der Waals surface area (Å²) in [6.45, 7) is 3.91. The van der Waals surface area contributed by atoms with Gasteiger partial charge in [0.25, 0.3) is 0 Å². The van der Waals surface area contributed by atoms with Gasteiger partial charge >= 0.3 is 0 Å².